The van der Waals surface area contributed by atoms with Crippen molar-refractivity contribution in [2.24, 2.45) is 5.92 Å². The molecule has 1 N–H and O–H groups in total. The highest BCUT2D eigenvalue weighted by Gasteiger charge is 2.39. The smallest absolute Gasteiger partial charge is 0.113 e. The van der Waals surface area contributed by atoms with Gasteiger partial charge in [0.05, 0.1) is 11.2 Å². The second-order valence-electron chi connectivity index (χ2n) is 5.99. The normalized spacial score (nSPS) is 19.8. The highest BCUT2D eigenvalue weighted by molar-refractivity contribution is 7.11. The van der Waals surface area contributed by atoms with Gasteiger partial charge in [-0.1, -0.05) is 26.7 Å². The van der Waals surface area contributed by atoms with Gasteiger partial charge in [0.1, 0.15) is 5.01 Å². The number of hydrogen-bond donors (Lipinski definition) is 1. The first-order valence-electron chi connectivity index (χ1n) is 7.83. The molecule has 19 heavy (non-hydrogen) atoms. The third-order valence-electron chi connectivity index (χ3n) is 4.59. The predicted octanol–water partition coefficient (Wildman–Crippen LogP) is 4.42. The minimum Gasteiger partial charge on any atom is -0.305 e. The van der Waals surface area contributed by atoms with Crippen LogP contribution in [0, 0.1) is 12.8 Å². The quantitative estimate of drug-likeness (QED) is 0.834. The fourth-order valence-electron chi connectivity index (χ4n) is 3.26. The standard InChI is InChI=1S/C16H28N2S/c1-5-11-17-16(4,13-9-7-8-10-13)15-18-14(6-2)12(3)19-15/h13,17H,5-11H2,1-4H3. The summed E-state index contributed by atoms with van der Waals surface area (Å²) in [5.41, 5.74) is 1.39. The topological polar surface area (TPSA) is 24.9 Å². The third-order valence-corrected chi connectivity index (χ3v) is 5.84. The molecule has 1 aromatic heterocycles. The van der Waals surface area contributed by atoms with Crippen LogP contribution in [-0.2, 0) is 12.0 Å². The molecule has 3 heteroatoms. The Labute approximate surface area is 122 Å². The zero-order chi connectivity index (χ0) is 13.9. The van der Waals surface area contributed by atoms with Gasteiger partial charge in [-0.05, 0) is 52.0 Å². The molecular weight excluding hydrogens is 252 g/mol. The largest absolute Gasteiger partial charge is 0.305 e. The molecule has 0 amide bonds. The molecule has 1 saturated carbocycles. The maximum Gasteiger partial charge on any atom is 0.113 e. The van der Waals surface area contributed by atoms with Gasteiger partial charge in [-0.2, -0.15) is 0 Å². The van der Waals surface area contributed by atoms with E-state index in [2.05, 4.69) is 33.0 Å². The first-order chi connectivity index (χ1) is 9.11. The van der Waals surface area contributed by atoms with Gasteiger partial charge in [-0.15, -0.1) is 11.3 Å². The van der Waals surface area contributed by atoms with Crippen molar-refractivity contribution in [3.05, 3.63) is 15.6 Å². The molecule has 1 aromatic rings. The molecule has 0 aromatic carbocycles. The van der Waals surface area contributed by atoms with Crippen LogP contribution in [0.25, 0.3) is 0 Å². The highest BCUT2D eigenvalue weighted by atomic mass is 32.1. The fourth-order valence-corrected chi connectivity index (χ4v) is 4.47. The molecule has 2 nitrogen and oxygen atoms in total. The fraction of sp³-hybridized carbons (Fsp3) is 0.812. The van der Waals surface area contributed by atoms with Gasteiger partial charge >= 0.3 is 0 Å². The maximum atomic E-state index is 4.95. The summed E-state index contributed by atoms with van der Waals surface area (Å²) in [5.74, 6) is 0.759. The minimum atomic E-state index is 0.0926. The van der Waals surface area contributed by atoms with Crippen LogP contribution in [0.5, 0.6) is 0 Å². The molecule has 108 valence electrons. The Morgan fingerprint density at radius 1 is 1.32 bits per heavy atom. The number of aryl methyl sites for hydroxylation is 2. The van der Waals surface area contributed by atoms with Gasteiger partial charge in [-0.25, -0.2) is 4.98 Å². The average Bonchev–Trinajstić information content (AvgIpc) is 3.05. The van der Waals surface area contributed by atoms with Crippen LogP contribution in [0.2, 0.25) is 0 Å². The minimum absolute atomic E-state index is 0.0926. The molecule has 0 saturated heterocycles. The molecule has 1 fully saturated rings. The summed E-state index contributed by atoms with van der Waals surface area (Å²) in [4.78, 5) is 6.36. The van der Waals surface area contributed by atoms with Crippen molar-refractivity contribution in [3.8, 4) is 0 Å². The number of thiazole rings is 1. The van der Waals surface area contributed by atoms with Crippen molar-refractivity contribution in [1.82, 2.24) is 10.3 Å². The van der Waals surface area contributed by atoms with E-state index in [1.54, 1.807) is 0 Å². The Hall–Kier alpha value is -0.410. The van der Waals surface area contributed by atoms with E-state index in [0.29, 0.717) is 0 Å². The second kappa shape index (κ2) is 6.36. The summed E-state index contributed by atoms with van der Waals surface area (Å²) >= 11 is 1.91. The van der Waals surface area contributed by atoms with E-state index in [1.807, 2.05) is 11.3 Å². The average molecular weight is 280 g/mol. The van der Waals surface area contributed by atoms with Crippen molar-refractivity contribution in [2.75, 3.05) is 6.54 Å². The Balaban J connectivity index is 2.29. The SMILES string of the molecule is CCCNC(C)(c1nc(CC)c(C)s1)C1CCCC1. The first-order valence-corrected chi connectivity index (χ1v) is 8.65. The molecule has 0 bridgehead atoms. The molecule has 0 radical (unpaired) electrons. The predicted molar refractivity (Wildman–Crippen MR) is 83.8 cm³/mol. The summed E-state index contributed by atoms with van der Waals surface area (Å²) in [6, 6.07) is 0. The van der Waals surface area contributed by atoms with Gasteiger partial charge in [0, 0.05) is 4.88 Å². The summed E-state index contributed by atoms with van der Waals surface area (Å²) < 4.78 is 0. The van der Waals surface area contributed by atoms with E-state index in [-0.39, 0.29) is 5.54 Å². The molecule has 0 aliphatic heterocycles. The summed E-state index contributed by atoms with van der Waals surface area (Å²) in [7, 11) is 0. The summed E-state index contributed by atoms with van der Waals surface area (Å²) in [5, 5.41) is 5.14. The molecule has 1 unspecified atom stereocenters. The van der Waals surface area contributed by atoms with Crippen LogP contribution in [0.1, 0.15) is 68.5 Å². The second-order valence-corrected chi connectivity index (χ2v) is 7.19. The van der Waals surface area contributed by atoms with Gasteiger partial charge in [0.25, 0.3) is 0 Å². The van der Waals surface area contributed by atoms with E-state index >= 15 is 0 Å². The molecule has 1 aliphatic carbocycles. The number of aromatic nitrogens is 1. The van der Waals surface area contributed by atoms with Crippen LogP contribution < -0.4 is 5.32 Å². The number of hydrogen-bond acceptors (Lipinski definition) is 3. The van der Waals surface area contributed by atoms with Crippen LogP contribution in [0.4, 0.5) is 0 Å². The summed E-state index contributed by atoms with van der Waals surface area (Å²) in [6.07, 6.45) is 7.73. The van der Waals surface area contributed by atoms with Gasteiger partial charge in [0.15, 0.2) is 0 Å². The Bertz CT molecular complexity index is 407. The molecular formula is C16H28N2S. The van der Waals surface area contributed by atoms with Crippen LogP contribution in [0.3, 0.4) is 0 Å². The highest BCUT2D eigenvalue weighted by Crippen LogP contribution is 2.42. The van der Waals surface area contributed by atoms with Crippen molar-refractivity contribution in [1.29, 1.82) is 0 Å². The zero-order valence-electron chi connectivity index (χ0n) is 12.9. The number of nitrogens with one attached hydrogen (secondary N) is 1. The molecule has 0 spiro atoms. The number of rotatable bonds is 6. The van der Waals surface area contributed by atoms with E-state index in [0.717, 1.165) is 18.9 Å². The first kappa shape index (κ1) is 15.0. The third kappa shape index (κ3) is 3.03. The molecule has 1 atom stereocenters. The number of nitrogens with zero attached hydrogens (tertiary/aromatic N) is 1. The van der Waals surface area contributed by atoms with Gasteiger partial charge in [0.2, 0.25) is 0 Å². The van der Waals surface area contributed by atoms with Crippen LogP contribution in [0.15, 0.2) is 0 Å². The van der Waals surface area contributed by atoms with E-state index in [4.69, 9.17) is 4.98 Å². The lowest BCUT2D eigenvalue weighted by Gasteiger charge is -2.35. The summed E-state index contributed by atoms with van der Waals surface area (Å²) in [6.45, 7) is 10.1. The zero-order valence-corrected chi connectivity index (χ0v) is 13.7. The van der Waals surface area contributed by atoms with Gasteiger partial charge < -0.3 is 5.32 Å². The molecule has 2 rings (SSSR count). The lowest BCUT2D eigenvalue weighted by atomic mass is 9.84. The lowest BCUT2D eigenvalue weighted by Crippen LogP contribution is -2.45. The van der Waals surface area contributed by atoms with E-state index in [1.165, 1.54) is 47.7 Å². The van der Waals surface area contributed by atoms with Crippen molar-refractivity contribution < 1.29 is 0 Å². The van der Waals surface area contributed by atoms with Crippen molar-refractivity contribution in [3.63, 3.8) is 0 Å². The monoisotopic (exact) mass is 280 g/mol. The van der Waals surface area contributed by atoms with Gasteiger partial charge in [-0.3, -0.25) is 0 Å². The van der Waals surface area contributed by atoms with Crippen LogP contribution in [-0.4, -0.2) is 11.5 Å². The Morgan fingerprint density at radius 2 is 2.00 bits per heavy atom. The molecule has 1 aliphatic rings. The maximum absolute atomic E-state index is 4.95. The Kier molecular flexibility index (Phi) is 5.02. The van der Waals surface area contributed by atoms with Crippen LogP contribution >= 0.6 is 11.3 Å². The molecule has 1 heterocycles. The van der Waals surface area contributed by atoms with E-state index < -0.39 is 0 Å². The van der Waals surface area contributed by atoms with E-state index in [9.17, 15) is 0 Å². The van der Waals surface area contributed by atoms with Crippen molar-refractivity contribution in [2.45, 2.75) is 71.8 Å². The Morgan fingerprint density at radius 3 is 2.53 bits per heavy atom. The lowest BCUT2D eigenvalue weighted by molar-refractivity contribution is 0.234. The van der Waals surface area contributed by atoms with Crippen molar-refractivity contribution >= 4 is 11.3 Å².